The molecule has 10 nitrogen and oxygen atoms in total. The molecular weight excluding hydrogens is 481 g/mol. The number of carboxylic acids is 1. The number of carbonyl (C=O) groups excluding carboxylic acids is 3. The van der Waals surface area contributed by atoms with E-state index < -0.39 is 52.9 Å². The van der Waals surface area contributed by atoms with Gasteiger partial charge in [-0.25, -0.2) is 12.8 Å². The van der Waals surface area contributed by atoms with Crippen LogP contribution in [0, 0.1) is 0 Å². The maximum Gasteiger partial charge on any atom is 0.305 e. The second-order valence-electron chi connectivity index (χ2n) is 8.59. The van der Waals surface area contributed by atoms with E-state index in [-0.39, 0.29) is 25.4 Å². The lowest BCUT2D eigenvalue weighted by molar-refractivity contribution is -0.140. The fourth-order valence-corrected chi connectivity index (χ4v) is 5.09. The summed E-state index contributed by atoms with van der Waals surface area (Å²) in [4.78, 5) is 50.2. The third-order valence-electron chi connectivity index (χ3n) is 6.23. The van der Waals surface area contributed by atoms with Gasteiger partial charge in [0.15, 0.2) is 5.78 Å². The van der Waals surface area contributed by atoms with Crippen molar-refractivity contribution in [3.05, 3.63) is 41.0 Å². The zero-order valence-corrected chi connectivity index (χ0v) is 20.3. The van der Waals surface area contributed by atoms with Gasteiger partial charge < -0.3 is 15.3 Å². The Morgan fingerprint density at radius 1 is 1.26 bits per heavy atom. The van der Waals surface area contributed by atoms with Crippen molar-refractivity contribution in [1.29, 1.82) is 0 Å². The van der Waals surface area contributed by atoms with E-state index in [0.717, 1.165) is 17.4 Å². The Kier molecular flexibility index (Phi) is 8.06. The monoisotopic (exact) mass is 509 g/mol. The van der Waals surface area contributed by atoms with Crippen LogP contribution < -0.4 is 5.32 Å². The molecule has 12 heteroatoms. The molecular formula is C23H28FN3O7S. The number of nitrogens with zero attached hydrogens (tertiary/aromatic N) is 2. The number of Topliss-reactive ketones (excluding diaryl/α,β-unsaturated/α-hetero) is 1. The summed E-state index contributed by atoms with van der Waals surface area (Å²) in [5.41, 5.74) is 2.84. The minimum absolute atomic E-state index is 0.155. The number of hydrogen-bond acceptors (Lipinski definition) is 6. The van der Waals surface area contributed by atoms with Gasteiger partial charge in [0.05, 0.1) is 12.7 Å². The second kappa shape index (κ2) is 10.6. The number of halogens is 1. The van der Waals surface area contributed by atoms with Crippen LogP contribution in [0.5, 0.6) is 0 Å². The third-order valence-corrected chi connectivity index (χ3v) is 7.50. The summed E-state index contributed by atoms with van der Waals surface area (Å²) in [6.45, 7) is 1.01. The predicted molar refractivity (Wildman–Crippen MR) is 125 cm³/mol. The quantitative estimate of drug-likeness (QED) is 0.479. The SMILES string of the molecule is CCC(C(=O)NC(CC(=O)O)C(=O)CF)N1Cc2ccc(C3=CCN(S(C)(=O)=O)CC3)cc2C1=O. The molecule has 0 saturated carbocycles. The van der Waals surface area contributed by atoms with Crippen molar-refractivity contribution in [2.75, 3.05) is 26.0 Å². The van der Waals surface area contributed by atoms with E-state index in [1.807, 2.05) is 12.1 Å². The van der Waals surface area contributed by atoms with Crippen LogP contribution in [0.4, 0.5) is 4.39 Å². The summed E-state index contributed by atoms with van der Waals surface area (Å²) in [6.07, 6.45) is 2.92. The maximum absolute atomic E-state index is 13.2. The molecule has 2 amide bonds. The highest BCUT2D eigenvalue weighted by Crippen LogP contribution is 2.31. The molecule has 0 fully saturated rings. The van der Waals surface area contributed by atoms with E-state index in [2.05, 4.69) is 5.32 Å². The van der Waals surface area contributed by atoms with Gasteiger partial charge in [-0.05, 0) is 35.6 Å². The Morgan fingerprint density at radius 3 is 2.51 bits per heavy atom. The standard InChI is InChI=1S/C23H28FN3O7S/c1-3-19(22(31)25-18(11-21(29)30)20(28)12-24)27-13-16-5-4-15(10-17(16)23(27)32)14-6-8-26(9-7-14)35(2,33)34/h4-6,10,18-19H,3,7-9,11-13H2,1-2H3,(H,25,31)(H,29,30). The minimum atomic E-state index is -3.28. The van der Waals surface area contributed by atoms with E-state index in [0.29, 0.717) is 24.1 Å². The van der Waals surface area contributed by atoms with Gasteiger partial charge in [-0.3, -0.25) is 19.2 Å². The van der Waals surface area contributed by atoms with E-state index in [4.69, 9.17) is 5.11 Å². The highest BCUT2D eigenvalue weighted by Gasteiger charge is 2.37. The fraction of sp³-hybridized carbons (Fsp3) is 0.478. The van der Waals surface area contributed by atoms with Crippen LogP contribution in [0.1, 0.15) is 47.7 Å². The number of carboxylic acid groups (broad SMARTS) is 1. The summed E-state index contributed by atoms with van der Waals surface area (Å²) in [7, 11) is -3.28. The molecule has 0 bridgehead atoms. The molecule has 2 unspecified atom stereocenters. The molecule has 35 heavy (non-hydrogen) atoms. The first-order valence-corrected chi connectivity index (χ1v) is 13.0. The van der Waals surface area contributed by atoms with E-state index in [1.54, 1.807) is 19.1 Å². The Balaban J connectivity index is 1.77. The zero-order valence-electron chi connectivity index (χ0n) is 19.5. The number of amides is 2. The number of alkyl halides is 1. The second-order valence-corrected chi connectivity index (χ2v) is 10.6. The van der Waals surface area contributed by atoms with Crippen LogP contribution in [-0.4, -0.2) is 84.4 Å². The first-order valence-electron chi connectivity index (χ1n) is 11.2. The van der Waals surface area contributed by atoms with E-state index in [1.165, 1.54) is 9.21 Å². The average Bonchev–Trinajstić information content (AvgIpc) is 3.13. The number of sulfonamides is 1. The smallest absolute Gasteiger partial charge is 0.305 e. The van der Waals surface area contributed by atoms with Crippen LogP contribution in [0.3, 0.4) is 0 Å². The van der Waals surface area contributed by atoms with Crippen molar-refractivity contribution in [2.45, 2.75) is 44.8 Å². The molecule has 0 spiro atoms. The molecule has 190 valence electrons. The Bertz CT molecular complexity index is 1180. The average molecular weight is 510 g/mol. The first kappa shape index (κ1) is 26.5. The molecule has 2 N–H and O–H groups in total. The van der Waals surface area contributed by atoms with E-state index in [9.17, 15) is 32.0 Å². The van der Waals surface area contributed by atoms with Crippen LogP contribution in [0.2, 0.25) is 0 Å². The highest BCUT2D eigenvalue weighted by atomic mass is 32.2. The summed E-state index contributed by atoms with van der Waals surface area (Å²) in [5.74, 6) is -3.52. The summed E-state index contributed by atoms with van der Waals surface area (Å²) >= 11 is 0. The van der Waals surface area contributed by atoms with Crippen LogP contribution >= 0.6 is 0 Å². The largest absolute Gasteiger partial charge is 0.481 e. The van der Waals surface area contributed by atoms with Gasteiger partial charge in [0.25, 0.3) is 5.91 Å². The Labute approximate surface area is 202 Å². The summed E-state index contributed by atoms with van der Waals surface area (Å²) < 4.78 is 37.7. The van der Waals surface area contributed by atoms with Gasteiger partial charge in [0, 0.05) is 25.2 Å². The predicted octanol–water partition coefficient (Wildman–Crippen LogP) is 0.968. The number of carbonyl (C=O) groups is 4. The molecule has 2 heterocycles. The van der Waals surface area contributed by atoms with Crippen LogP contribution in [0.25, 0.3) is 5.57 Å². The number of rotatable bonds is 10. The fourth-order valence-electron chi connectivity index (χ4n) is 4.32. The number of benzene rings is 1. The number of hydrogen-bond donors (Lipinski definition) is 2. The molecule has 2 aliphatic rings. The van der Waals surface area contributed by atoms with Crippen molar-refractivity contribution < 1.29 is 37.1 Å². The lowest BCUT2D eigenvalue weighted by Crippen LogP contribution is -2.52. The molecule has 0 saturated heterocycles. The molecule has 0 aliphatic carbocycles. The van der Waals surface area contributed by atoms with Crippen LogP contribution in [-0.2, 0) is 31.0 Å². The topological polar surface area (TPSA) is 141 Å². The molecule has 0 radical (unpaired) electrons. The lowest BCUT2D eigenvalue weighted by atomic mass is 9.97. The van der Waals surface area contributed by atoms with Gasteiger partial charge >= 0.3 is 5.97 Å². The maximum atomic E-state index is 13.2. The van der Waals surface area contributed by atoms with Gasteiger partial charge in [-0.15, -0.1) is 0 Å². The number of ketones is 1. The Morgan fingerprint density at radius 2 is 1.97 bits per heavy atom. The molecule has 2 atom stereocenters. The van der Waals surface area contributed by atoms with Crippen molar-refractivity contribution in [1.82, 2.24) is 14.5 Å². The normalized spacial score (nSPS) is 18.0. The molecule has 1 aromatic rings. The number of aliphatic carboxylic acids is 1. The number of fused-ring (bicyclic) bond motifs is 1. The van der Waals surface area contributed by atoms with Gasteiger partial charge in [-0.1, -0.05) is 25.1 Å². The summed E-state index contributed by atoms with van der Waals surface area (Å²) in [5, 5.41) is 11.3. The van der Waals surface area contributed by atoms with Crippen molar-refractivity contribution >= 4 is 39.2 Å². The van der Waals surface area contributed by atoms with Crippen molar-refractivity contribution in [3.63, 3.8) is 0 Å². The van der Waals surface area contributed by atoms with Crippen LogP contribution in [0.15, 0.2) is 24.3 Å². The minimum Gasteiger partial charge on any atom is -0.481 e. The third kappa shape index (κ3) is 5.93. The molecule has 2 aliphatic heterocycles. The Hall–Kier alpha value is -3.12. The molecule has 1 aromatic carbocycles. The highest BCUT2D eigenvalue weighted by molar-refractivity contribution is 7.88. The first-order chi connectivity index (χ1) is 16.5. The lowest BCUT2D eigenvalue weighted by Gasteiger charge is -2.27. The molecule has 0 aromatic heterocycles. The molecule has 3 rings (SSSR count). The summed E-state index contributed by atoms with van der Waals surface area (Å²) in [6, 6.07) is 2.87. The van der Waals surface area contributed by atoms with E-state index >= 15 is 0 Å². The van der Waals surface area contributed by atoms with Gasteiger partial charge in [-0.2, -0.15) is 4.31 Å². The van der Waals surface area contributed by atoms with Crippen molar-refractivity contribution in [3.8, 4) is 0 Å². The van der Waals surface area contributed by atoms with Gasteiger partial charge in [0.2, 0.25) is 15.9 Å². The van der Waals surface area contributed by atoms with Gasteiger partial charge in [0.1, 0.15) is 18.8 Å². The van der Waals surface area contributed by atoms with Crippen molar-refractivity contribution in [2.24, 2.45) is 0 Å². The zero-order chi connectivity index (χ0) is 25.9. The number of nitrogens with one attached hydrogen (secondary N) is 1.